The molecule has 0 radical (unpaired) electrons. The van der Waals surface area contributed by atoms with Crippen molar-refractivity contribution in [1.29, 1.82) is 0 Å². The van der Waals surface area contributed by atoms with Crippen LogP contribution >= 0.6 is 0 Å². The summed E-state index contributed by atoms with van der Waals surface area (Å²) in [6.07, 6.45) is 0. The fraction of sp³-hybridized carbons (Fsp3) is 0.500. The van der Waals surface area contributed by atoms with Gasteiger partial charge in [-0.25, -0.2) is 4.79 Å². The smallest absolute Gasteiger partial charge is 0.321 e. The number of amides is 2. The molecule has 1 saturated heterocycles. The summed E-state index contributed by atoms with van der Waals surface area (Å²) >= 11 is 0. The lowest BCUT2D eigenvalue weighted by Gasteiger charge is -2.23. The number of nitrogens with one attached hydrogen (secondary N) is 1. The van der Waals surface area contributed by atoms with Crippen LogP contribution in [0.4, 0.5) is 10.5 Å². The van der Waals surface area contributed by atoms with E-state index in [0.29, 0.717) is 49.3 Å². The van der Waals surface area contributed by atoms with Crippen LogP contribution in [0.15, 0.2) is 18.2 Å². The number of hydrogen-bond acceptors (Lipinski definition) is 7. The summed E-state index contributed by atoms with van der Waals surface area (Å²) in [5.41, 5.74) is 1.24. The molecule has 2 aromatic rings. The van der Waals surface area contributed by atoms with Crippen LogP contribution in [0.5, 0.6) is 5.75 Å². The number of benzene rings is 1. The second kappa shape index (κ2) is 8.11. The molecular weight excluding hydrogens is 340 g/mol. The second-order valence-corrected chi connectivity index (χ2v) is 6.06. The first kappa shape index (κ1) is 18.1. The van der Waals surface area contributed by atoms with E-state index in [2.05, 4.69) is 20.8 Å². The number of aliphatic hydroxyl groups excluding tert-OH is 1. The SMILES string of the molecule is COc1cc(NC(=O)N2CCOC[C@@H](CO)C2)cc(-n2nnnc2C)c1. The van der Waals surface area contributed by atoms with Gasteiger partial charge >= 0.3 is 6.03 Å². The molecule has 10 heteroatoms. The van der Waals surface area contributed by atoms with Crippen LogP contribution in [0.2, 0.25) is 0 Å². The van der Waals surface area contributed by atoms with Crippen molar-refractivity contribution in [3.63, 3.8) is 0 Å². The van der Waals surface area contributed by atoms with E-state index in [0.717, 1.165) is 0 Å². The highest BCUT2D eigenvalue weighted by Crippen LogP contribution is 2.24. The third-order valence-electron chi connectivity index (χ3n) is 4.13. The van der Waals surface area contributed by atoms with Crippen LogP contribution in [0.25, 0.3) is 5.69 Å². The van der Waals surface area contributed by atoms with E-state index >= 15 is 0 Å². The summed E-state index contributed by atoms with van der Waals surface area (Å²) in [7, 11) is 1.55. The van der Waals surface area contributed by atoms with Gasteiger partial charge < -0.3 is 24.8 Å². The van der Waals surface area contributed by atoms with Crippen molar-refractivity contribution in [2.45, 2.75) is 6.92 Å². The molecule has 1 aliphatic heterocycles. The topological polar surface area (TPSA) is 115 Å². The Bertz CT molecular complexity index is 765. The van der Waals surface area contributed by atoms with E-state index in [-0.39, 0.29) is 18.6 Å². The highest BCUT2D eigenvalue weighted by molar-refractivity contribution is 5.90. The molecule has 0 spiro atoms. The maximum atomic E-state index is 12.6. The summed E-state index contributed by atoms with van der Waals surface area (Å²) in [6.45, 7) is 3.55. The van der Waals surface area contributed by atoms with Gasteiger partial charge in [-0.05, 0) is 23.4 Å². The molecule has 26 heavy (non-hydrogen) atoms. The van der Waals surface area contributed by atoms with E-state index in [1.807, 2.05) is 0 Å². The third-order valence-corrected chi connectivity index (χ3v) is 4.13. The molecule has 1 atom stereocenters. The summed E-state index contributed by atoms with van der Waals surface area (Å²) in [4.78, 5) is 14.3. The molecule has 3 rings (SSSR count). The summed E-state index contributed by atoms with van der Waals surface area (Å²) in [5.74, 6) is 1.10. The van der Waals surface area contributed by atoms with Crippen LogP contribution in [-0.4, -0.2) is 76.3 Å². The Morgan fingerprint density at radius 3 is 3.00 bits per heavy atom. The zero-order valence-electron chi connectivity index (χ0n) is 14.8. The van der Waals surface area contributed by atoms with Gasteiger partial charge in [-0.1, -0.05) is 0 Å². The number of ether oxygens (including phenoxy) is 2. The van der Waals surface area contributed by atoms with Crippen LogP contribution in [0.3, 0.4) is 0 Å². The molecule has 2 amide bonds. The molecule has 0 saturated carbocycles. The number of hydrogen-bond donors (Lipinski definition) is 2. The predicted octanol–water partition coefficient (Wildman–Crippen LogP) is 0.452. The zero-order chi connectivity index (χ0) is 18.5. The monoisotopic (exact) mass is 362 g/mol. The minimum Gasteiger partial charge on any atom is -0.497 e. The Morgan fingerprint density at radius 1 is 1.46 bits per heavy atom. The lowest BCUT2D eigenvalue weighted by atomic mass is 10.1. The van der Waals surface area contributed by atoms with Crippen molar-refractivity contribution in [2.75, 3.05) is 45.3 Å². The van der Waals surface area contributed by atoms with E-state index in [1.54, 1.807) is 41.8 Å². The number of nitrogens with zero attached hydrogens (tertiary/aromatic N) is 5. The van der Waals surface area contributed by atoms with E-state index in [4.69, 9.17) is 9.47 Å². The Morgan fingerprint density at radius 2 is 2.31 bits per heavy atom. The van der Waals surface area contributed by atoms with Crippen LogP contribution < -0.4 is 10.1 Å². The number of tetrazole rings is 1. The van der Waals surface area contributed by atoms with E-state index < -0.39 is 0 Å². The average Bonchev–Trinajstić information content (AvgIpc) is 2.93. The Hall–Kier alpha value is -2.72. The minimum atomic E-state index is -0.262. The maximum Gasteiger partial charge on any atom is 0.321 e. The Kier molecular flexibility index (Phi) is 5.64. The number of urea groups is 1. The van der Waals surface area contributed by atoms with Crippen molar-refractivity contribution in [3.05, 3.63) is 24.0 Å². The molecule has 1 fully saturated rings. The average molecular weight is 362 g/mol. The number of anilines is 1. The quantitative estimate of drug-likeness (QED) is 0.811. The van der Waals surface area contributed by atoms with Crippen molar-refractivity contribution >= 4 is 11.7 Å². The first-order chi connectivity index (χ1) is 12.6. The number of carbonyl (C=O) groups excluding carboxylic acids is 1. The number of aliphatic hydroxyl groups is 1. The Labute approximate surface area is 150 Å². The van der Waals surface area contributed by atoms with Crippen LogP contribution in [-0.2, 0) is 4.74 Å². The minimum absolute atomic E-state index is 0.0222. The first-order valence-corrected chi connectivity index (χ1v) is 8.29. The molecule has 2 N–H and O–H groups in total. The van der Waals surface area contributed by atoms with Gasteiger partial charge in [0.1, 0.15) is 5.75 Å². The summed E-state index contributed by atoms with van der Waals surface area (Å²) < 4.78 is 12.3. The molecule has 2 heterocycles. The van der Waals surface area contributed by atoms with Gasteiger partial charge in [-0.15, -0.1) is 5.10 Å². The van der Waals surface area contributed by atoms with Crippen molar-refractivity contribution in [2.24, 2.45) is 5.92 Å². The maximum absolute atomic E-state index is 12.6. The zero-order valence-corrected chi connectivity index (χ0v) is 14.8. The number of carbonyl (C=O) groups is 1. The lowest BCUT2D eigenvalue weighted by molar-refractivity contribution is 0.0958. The van der Waals surface area contributed by atoms with Crippen molar-refractivity contribution in [1.82, 2.24) is 25.1 Å². The van der Waals surface area contributed by atoms with Gasteiger partial charge in [0, 0.05) is 43.4 Å². The first-order valence-electron chi connectivity index (χ1n) is 8.29. The normalized spacial score (nSPS) is 17.7. The molecule has 0 aliphatic carbocycles. The van der Waals surface area contributed by atoms with Gasteiger partial charge in [-0.2, -0.15) is 4.68 Å². The van der Waals surface area contributed by atoms with Crippen LogP contribution in [0.1, 0.15) is 5.82 Å². The molecule has 1 aliphatic rings. The molecule has 1 aromatic carbocycles. The molecule has 140 valence electrons. The number of methoxy groups -OCH3 is 1. The fourth-order valence-corrected chi connectivity index (χ4v) is 2.74. The van der Waals surface area contributed by atoms with Gasteiger partial charge in [0.05, 0.1) is 26.0 Å². The molecular formula is C16H22N6O4. The molecule has 1 aromatic heterocycles. The highest BCUT2D eigenvalue weighted by Gasteiger charge is 2.22. The third kappa shape index (κ3) is 4.09. The number of aromatic nitrogens is 4. The van der Waals surface area contributed by atoms with Crippen molar-refractivity contribution < 1.29 is 19.4 Å². The predicted molar refractivity (Wildman–Crippen MR) is 92.4 cm³/mol. The highest BCUT2D eigenvalue weighted by atomic mass is 16.5. The molecule has 10 nitrogen and oxygen atoms in total. The number of rotatable bonds is 4. The molecule has 0 unspecified atom stereocenters. The Balaban J connectivity index is 1.80. The van der Waals surface area contributed by atoms with Gasteiger partial charge in [0.15, 0.2) is 5.82 Å². The summed E-state index contributed by atoms with van der Waals surface area (Å²) in [5, 5.41) is 23.7. The van der Waals surface area contributed by atoms with E-state index in [9.17, 15) is 9.90 Å². The second-order valence-electron chi connectivity index (χ2n) is 6.06. The fourth-order valence-electron chi connectivity index (χ4n) is 2.74. The molecule has 0 bridgehead atoms. The number of aryl methyl sites for hydroxylation is 1. The van der Waals surface area contributed by atoms with Gasteiger partial charge in [-0.3, -0.25) is 0 Å². The lowest BCUT2D eigenvalue weighted by Crippen LogP contribution is -2.39. The van der Waals surface area contributed by atoms with Crippen molar-refractivity contribution in [3.8, 4) is 11.4 Å². The van der Waals surface area contributed by atoms with Gasteiger partial charge in [0.2, 0.25) is 0 Å². The van der Waals surface area contributed by atoms with E-state index in [1.165, 1.54) is 0 Å². The standard InChI is InChI=1S/C16H22N6O4/c1-11-18-19-20-22(11)14-5-13(6-15(7-14)25-2)17-16(24)21-3-4-26-10-12(8-21)9-23/h5-7,12,23H,3-4,8-10H2,1-2H3,(H,17,24)/t12-/m1/s1. The van der Waals surface area contributed by atoms with Gasteiger partial charge in [0.25, 0.3) is 0 Å². The van der Waals surface area contributed by atoms with Crippen LogP contribution in [0, 0.1) is 12.8 Å². The largest absolute Gasteiger partial charge is 0.497 e. The summed E-state index contributed by atoms with van der Waals surface area (Å²) in [6, 6.07) is 5.00.